The Bertz CT molecular complexity index is 629. The molecule has 0 saturated carbocycles. The van der Waals surface area contributed by atoms with Crippen molar-refractivity contribution in [2.75, 3.05) is 11.9 Å². The zero-order chi connectivity index (χ0) is 14.7. The van der Waals surface area contributed by atoms with E-state index in [0.29, 0.717) is 6.54 Å². The van der Waals surface area contributed by atoms with Crippen LogP contribution in [0.2, 0.25) is 0 Å². The lowest BCUT2D eigenvalue weighted by molar-refractivity contribution is 0.573. The Morgan fingerprint density at radius 3 is 2.60 bits per heavy atom. The summed E-state index contributed by atoms with van der Waals surface area (Å²) in [6.07, 6.45) is 1.73. The summed E-state index contributed by atoms with van der Waals surface area (Å²) in [6.45, 7) is 4.01. The maximum Gasteiger partial charge on any atom is 0.223 e. The van der Waals surface area contributed by atoms with E-state index in [1.165, 1.54) is 13.0 Å². The molecule has 20 heavy (non-hydrogen) atoms. The molecule has 0 aliphatic heterocycles. The zero-order valence-corrected chi connectivity index (χ0v) is 11.2. The summed E-state index contributed by atoms with van der Waals surface area (Å²) in [5.74, 6) is -2.39. The highest BCUT2D eigenvalue weighted by atomic mass is 19.1. The van der Waals surface area contributed by atoms with E-state index >= 15 is 0 Å². The monoisotopic (exact) mass is 281 g/mol. The quantitative estimate of drug-likeness (QED) is 0.928. The lowest BCUT2D eigenvalue weighted by Gasteiger charge is -2.09. The van der Waals surface area contributed by atoms with Crippen molar-refractivity contribution in [1.82, 2.24) is 9.97 Å². The summed E-state index contributed by atoms with van der Waals surface area (Å²) < 4.78 is 41.6. The minimum absolute atomic E-state index is 0.142. The second-order valence-corrected chi connectivity index (χ2v) is 4.37. The molecule has 0 amide bonds. The van der Waals surface area contributed by atoms with Crippen molar-refractivity contribution in [3.05, 3.63) is 41.3 Å². The molecule has 0 spiro atoms. The van der Waals surface area contributed by atoms with Gasteiger partial charge in [0, 0.05) is 6.54 Å². The number of rotatable bonds is 4. The molecule has 1 aromatic heterocycles. The average Bonchev–Trinajstić information content (AvgIpc) is 2.44. The van der Waals surface area contributed by atoms with Crippen LogP contribution in [0.1, 0.15) is 18.9 Å². The lowest BCUT2D eigenvalue weighted by Crippen LogP contribution is -2.07. The third-order valence-corrected chi connectivity index (χ3v) is 2.80. The van der Waals surface area contributed by atoms with Crippen LogP contribution < -0.4 is 5.32 Å². The van der Waals surface area contributed by atoms with E-state index in [2.05, 4.69) is 15.3 Å². The summed E-state index contributed by atoms with van der Waals surface area (Å²) in [7, 11) is 0. The number of nitrogens with zero attached hydrogens (tertiary/aromatic N) is 2. The summed E-state index contributed by atoms with van der Waals surface area (Å²) in [5.41, 5.74) is -0.621. The van der Waals surface area contributed by atoms with E-state index < -0.39 is 23.0 Å². The highest BCUT2D eigenvalue weighted by molar-refractivity contribution is 5.63. The third kappa shape index (κ3) is 2.74. The molecule has 106 valence electrons. The Morgan fingerprint density at radius 1 is 1.15 bits per heavy atom. The van der Waals surface area contributed by atoms with Crippen LogP contribution in [0.25, 0.3) is 11.3 Å². The topological polar surface area (TPSA) is 37.8 Å². The van der Waals surface area contributed by atoms with Crippen molar-refractivity contribution in [3.8, 4) is 11.3 Å². The highest BCUT2D eigenvalue weighted by Gasteiger charge is 2.19. The van der Waals surface area contributed by atoms with Gasteiger partial charge in [-0.2, -0.15) is 0 Å². The molecule has 0 bridgehead atoms. The summed E-state index contributed by atoms with van der Waals surface area (Å²) in [4.78, 5) is 7.61. The summed E-state index contributed by atoms with van der Waals surface area (Å²) in [5, 5.41) is 2.85. The predicted octanol–water partition coefficient (Wildman–Crippen LogP) is 3.69. The molecule has 1 heterocycles. The Morgan fingerprint density at radius 2 is 1.90 bits per heavy atom. The van der Waals surface area contributed by atoms with Crippen LogP contribution >= 0.6 is 0 Å². The number of nitrogens with one attached hydrogen (secondary N) is 1. The largest absolute Gasteiger partial charge is 0.354 e. The average molecular weight is 281 g/mol. The smallest absolute Gasteiger partial charge is 0.223 e. The minimum Gasteiger partial charge on any atom is -0.354 e. The zero-order valence-electron chi connectivity index (χ0n) is 11.2. The van der Waals surface area contributed by atoms with Gasteiger partial charge in [0.25, 0.3) is 0 Å². The molecule has 0 fully saturated rings. The minimum atomic E-state index is -0.865. The van der Waals surface area contributed by atoms with Crippen molar-refractivity contribution in [3.63, 3.8) is 0 Å². The molecule has 2 rings (SSSR count). The first-order valence-electron chi connectivity index (χ1n) is 6.26. The van der Waals surface area contributed by atoms with Crippen LogP contribution in [-0.4, -0.2) is 16.5 Å². The molecular weight excluding hydrogens is 267 g/mol. The van der Waals surface area contributed by atoms with E-state index in [1.807, 2.05) is 6.92 Å². The first kappa shape index (κ1) is 14.3. The molecular formula is C14H14F3N3. The Labute approximate surface area is 114 Å². The van der Waals surface area contributed by atoms with Gasteiger partial charge < -0.3 is 5.32 Å². The molecule has 0 aliphatic carbocycles. The van der Waals surface area contributed by atoms with Gasteiger partial charge in [-0.05, 0) is 25.0 Å². The van der Waals surface area contributed by atoms with E-state index in [0.717, 1.165) is 18.7 Å². The van der Waals surface area contributed by atoms with Crippen LogP contribution in [0.4, 0.5) is 19.1 Å². The first-order valence-corrected chi connectivity index (χ1v) is 6.26. The van der Waals surface area contributed by atoms with Crippen LogP contribution in [-0.2, 0) is 0 Å². The van der Waals surface area contributed by atoms with E-state index in [4.69, 9.17) is 0 Å². The number of benzene rings is 1. The molecule has 6 heteroatoms. The standard InChI is InChI=1S/C14H14F3N3/c1-3-6-18-14-19-7-10(16)13(20-14)11-9(15)5-4-8(2)12(11)17/h4-5,7H,3,6H2,1-2H3,(H,18,19,20). The maximum absolute atomic E-state index is 14.0. The second-order valence-electron chi connectivity index (χ2n) is 4.37. The van der Waals surface area contributed by atoms with Gasteiger partial charge >= 0.3 is 0 Å². The van der Waals surface area contributed by atoms with Gasteiger partial charge in [-0.15, -0.1) is 0 Å². The normalized spacial score (nSPS) is 10.7. The molecule has 0 radical (unpaired) electrons. The Balaban J connectivity index is 2.54. The van der Waals surface area contributed by atoms with Crippen LogP contribution in [0.5, 0.6) is 0 Å². The number of aryl methyl sites for hydroxylation is 1. The van der Waals surface area contributed by atoms with Crippen molar-refractivity contribution >= 4 is 5.95 Å². The van der Waals surface area contributed by atoms with E-state index in [-0.39, 0.29) is 17.2 Å². The predicted molar refractivity (Wildman–Crippen MR) is 70.9 cm³/mol. The number of aromatic nitrogens is 2. The first-order chi connectivity index (χ1) is 9.54. The highest BCUT2D eigenvalue weighted by Crippen LogP contribution is 2.28. The number of anilines is 1. The van der Waals surface area contributed by atoms with Crippen LogP contribution in [0.3, 0.4) is 0 Å². The van der Waals surface area contributed by atoms with Gasteiger partial charge in [0.05, 0.1) is 11.8 Å². The van der Waals surface area contributed by atoms with Crippen LogP contribution in [0, 0.1) is 24.4 Å². The SMILES string of the molecule is CCCNc1ncc(F)c(-c2c(F)ccc(C)c2F)n1. The van der Waals surface area contributed by atoms with Crippen molar-refractivity contribution in [2.24, 2.45) is 0 Å². The second kappa shape index (κ2) is 5.90. The molecule has 0 aliphatic rings. The molecule has 1 N–H and O–H groups in total. The fourth-order valence-corrected chi connectivity index (χ4v) is 1.74. The van der Waals surface area contributed by atoms with Gasteiger partial charge in [0.1, 0.15) is 17.3 Å². The van der Waals surface area contributed by atoms with Gasteiger partial charge in [0.15, 0.2) is 5.82 Å². The molecule has 3 nitrogen and oxygen atoms in total. The summed E-state index contributed by atoms with van der Waals surface area (Å²) >= 11 is 0. The fourth-order valence-electron chi connectivity index (χ4n) is 1.74. The summed E-state index contributed by atoms with van der Waals surface area (Å²) in [6, 6.07) is 2.39. The van der Waals surface area contributed by atoms with Gasteiger partial charge in [-0.25, -0.2) is 23.1 Å². The Hall–Kier alpha value is -2.11. The van der Waals surface area contributed by atoms with Gasteiger partial charge in [-0.1, -0.05) is 13.0 Å². The van der Waals surface area contributed by atoms with Crippen LogP contribution in [0.15, 0.2) is 18.3 Å². The molecule has 0 atom stereocenters. The van der Waals surface area contributed by atoms with Crippen molar-refractivity contribution in [1.29, 1.82) is 0 Å². The fraction of sp³-hybridized carbons (Fsp3) is 0.286. The van der Waals surface area contributed by atoms with E-state index in [1.54, 1.807) is 0 Å². The van der Waals surface area contributed by atoms with Gasteiger partial charge in [0.2, 0.25) is 5.95 Å². The number of halogens is 3. The van der Waals surface area contributed by atoms with Crippen molar-refractivity contribution in [2.45, 2.75) is 20.3 Å². The molecule has 2 aromatic rings. The van der Waals surface area contributed by atoms with E-state index in [9.17, 15) is 13.2 Å². The molecule has 0 unspecified atom stereocenters. The van der Waals surface area contributed by atoms with Gasteiger partial charge in [-0.3, -0.25) is 0 Å². The maximum atomic E-state index is 14.0. The number of hydrogen-bond donors (Lipinski definition) is 1. The Kier molecular flexibility index (Phi) is 4.22. The molecule has 0 saturated heterocycles. The lowest BCUT2D eigenvalue weighted by atomic mass is 10.1. The molecule has 1 aromatic carbocycles. The van der Waals surface area contributed by atoms with Crippen molar-refractivity contribution < 1.29 is 13.2 Å². The number of hydrogen-bond acceptors (Lipinski definition) is 3. The third-order valence-electron chi connectivity index (χ3n) is 2.80.